The molecule has 30 heavy (non-hydrogen) atoms. The third-order valence-corrected chi connectivity index (χ3v) is 6.51. The average molecular weight is 428 g/mol. The van der Waals surface area contributed by atoms with E-state index in [4.69, 9.17) is 4.74 Å². The number of hydrogen-bond donors (Lipinski definition) is 2. The molecule has 0 heterocycles. The van der Waals surface area contributed by atoms with Gasteiger partial charge in [0.2, 0.25) is 0 Å². The van der Waals surface area contributed by atoms with Crippen molar-refractivity contribution in [3.05, 3.63) is 59.7 Å². The van der Waals surface area contributed by atoms with Crippen molar-refractivity contribution < 1.29 is 19.4 Å². The molecule has 0 saturated carbocycles. The summed E-state index contributed by atoms with van der Waals surface area (Å²) in [6, 6.07) is 15.3. The fourth-order valence-corrected chi connectivity index (χ4v) is 4.83. The first-order valence-electron chi connectivity index (χ1n) is 10.5. The summed E-state index contributed by atoms with van der Waals surface area (Å²) in [5.74, 6) is 0.158. The van der Waals surface area contributed by atoms with Crippen LogP contribution in [0.3, 0.4) is 0 Å². The zero-order valence-electron chi connectivity index (χ0n) is 17.3. The molecule has 0 radical (unpaired) electrons. The highest BCUT2D eigenvalue weighted by atomic mass is 32.2. The van der Waals surface area contributed by atoms with Gasteiger partial charge in [-0.3, -0.25) is 0 Å². The Labute approximate surface area is 182 Å². The molecule has 3 rings (SSSR count). The van der Waals surface area contributed by atoms with E-state index in [1.54, 1.807) is 11.8 Å². The van der Waals surface area contributed by atoms with Crippen LogP contribution < -0.4 is 5.32 Å². The maximum Gasteiger partial charge on any atom is 0.407 e. The molecule has 0 fully saturated rings. The lowest BCUT2D eigenvalue weighted by Crippen LogP contribution is -2.43. The minimum atomic E-state index is -1.04. The van der Waals surface area contributed by atoms with Crippen LogP contribution in [-0.2, 0) is 9.53 Å². The standard InChI is InChI=1S/C24H29NO4S/c1-2-3-4-9-14-30-16-22(23(26)27)25-24(28)29-15-21-19-12-7-5-10-17(19)18-11-6-8-13-20(18)21/h5-8,10-13,21-22H,2-4,9,14-16H2,1H3,(H,25,28)(H,26,27). The van der Waals surface area contributed by atoms with E-state index in [-0.39, 0.29) is 12.5 Å². The van der Waals surface area contributed by atoms with Crippen LogP contribution in [0.2, 0.25) is 0 Å². The number of carboxylic acid groups (broad SMARTS) is 1. The fraction of sp³-hybridized carbons (Fsp3) is 0.417. The fourth-order valence-electron chi connectivity index (χ4n) is 3.79. The average Bonchev–Trinajstić information content (AvgIpc) is 3.07. The number of carboxylic acids is 1. The summed E-state index contributed by atoms with van der Waals surface area (Å²) in [5, 5.41) is 11.9. The Morgan fingerprint density at radius 3 is 2.27 bits per heavy atom. The number of unbranched alkanes of at least 4 members (excludes halogenated alkanes) is 3. The molecule has 2 N–H and O–H groups in total. The molecule has 0 saturated heterocycles. The van der Waals surface area contributed by atoms with Gasteiger partial charge in [0.1, 0.15) is 12.6 Å². The lowest BCUT2D eigenvalue weighted by Gasteiger charge is -2.17. The lowest BCUT2D eigenvalue weighted by molar-refractivity contribution is -0.138. The molecule has 2 aromatic carbocycles. The van der Waals surface area contributed by atoms with Crippen LogP contribution in [0.1, 0.15) is 49.7 Å². The van der Waals surface area contributed by atoms with Gasteiger partial charge in [-0.05, 0) is 34.4 Å². The van der Waals surface area contributed by atoms with E-state index in [9.17, 15) is 14.7 Å². The smallest absolute Gasteiger partial charge is 0.407 e. The number of ether oxygens (including phenoxy) is 1. The van der Waals surface area contributed by atoms with Gasteiger partial charge in [-0.25, -0.2) is 9.59 Å². The summed E-state index contributed by atoms with van der Waals surface area (Å²) in [6.07, 6.45) is 3.90. The maximum atomic E-state index is 12.3. The van der Waals surface area contributed by atoms with Crippen molar-refractivity contribution in [2.45, 2.75) is 44.6 Å². The van der Waals surface area contributed by atoms with Gasteiger partial charge in [0, 0.05) is 11.7 Å². The highest BCUT2D eigenvalue weighted by Crippen LogP contribution is 2.44. The molecule has 1 aliphatic rings. The molecular formula is C24H29NO4S. The first kappa shape index (κ1) is 22.2. The van der Waals surface area contributed by atoms with Crippen LogP contribution in [0.4, 0.5) is 4.79 Å². The summed E-state index contributed by atoms with van der Waals surface area (Å²) in [4.78, 5) is 23.8. The highest BCUT2D eigenvalue weighted by molar-refractivity contribution is 7.99. The van der Waals surface area contributed by atoms with E-state index in [0.29, 0.717) is 5.75 Å². The number of carbonyl (C=O) groups excluding carboxylic acids is 1. The number of benzene rings is 2. The Hall–Kier alpha value is -2.47. The van der Waals surface area contributed by atoms with E-state index in [2.05, 4.69) is 36.5 Å². The van der Waals surface area contributed by atoms with Crippen LogP contribution in [0.25, 0.3) is 11.1 Å². The van der Waals surface area contributed by atoms with E-state index >= 15 is 0 Å². The summed E-state index contributed by atoms with van der Waals surface area (Å²) >= 11 is 1.56. The van der Waals surface area contributed by atoms with Crippen LogP contribution in [0.5, 0.6) is 0 Å². The van der Waals surface area contributed by atoms with Gasteiger partial charge in [-0.15, -0.1) is 0 Å². The Morgan fingerprint density at radius 2 is 1.67 bits per heavy atom. The number of amides is 1. The predicted molar refractivity (Wildman–Crippen MR) is 121 cm³/mol. The molecule has 1 atom stereocenters. The third-order valence-electron chi connectivity index (χ3n) is 5.36. The van der Waals surface area contributed by atoms with Crippen molar-refractivity contribution in [1.29, 1.82) is 0 Å². The van der Waals surface area contributed by atoms with Gasteiger partial charge >= 0.3 is 12.1 Å². The molecule has 5 nitrogen and oxygen atoms in total. The van der Waals surface area contributed by atoms with Gasteiger partial charge < -0.3 is 15.2 Å². The van der Waals surface area contributed by atoms with Crippen molar-refractivity contribution in [2.75, 3.05) is 18.1 Å². The summed E-state index contributed by atoms with van der Waals surface area (Å²) in [7, 11) is 0. The predicted octanol–water partition coefficient (Wildman–Crippen LogP) is 5.29. The molecular weight excluding hydrogens is 398 g/mol. The van der Waals surface area contributed by atoms with Crippen molar-refractivity contribution in [3.8, 4) is 11.1 Å². The van der Waals surface area contributed by atoms with Crippen LogP contribution in [-0.4, -0.2) is 41.3 Å². The molecule has 0 spiro atoms. The second-order valence-corrected chi connectivity index (χ2v) is 8.65. The Bertz CT molecular complexity index is 824. The molecule has 0 aliphatic heterocycles. The first-order chi connectivity index (χ1) is 14.6. The SMILES string of the molecule is CCCCCCSCC(NC(=O)OCC1c2ccccc2-c2ccccc21)C(=O)O. The van der Waals surface area contributed by atoms with Crippen LogP contribution >= 0.6 is 11.8 Å². The van der Waals surface area contributed by atoms with E-state index < -0.39 is 18.1 Å². The van der Waals surface area contributed by atoms with Crippen LogP contribution in [0.15, 0.2) is 48.5 Å². The van der Waals surface area contributed by atoms with Crippen LogP contribution in [0, 0.1) is 0 Å². The molecule has 6 heteroatoms. The minimum absolute atomic E-state index is 0.0423. The molecule has 0 bridgehead atoms. The van der Waals surface area contributed by atoms with Crippen molar-refractivity contribution in [1.82, 2.24) is 5.32 Å². The van der Waals surface area contributed by atoms with Crippen molar-refractivity contribution in [2.24, 2.45) is 0 Å². The quantitative estimate of drug-likeness (QED) is 0.477. The number of hydrogen-bond acceptors (Lipinski definition) is 4. The van der Waals surface area contributed by atoms with Crippen molar-refractivity contribution >= 4 is 23.8 Å². The zero-order valence-corrected chi connectivity index (χ0v) is 18.1. The number of carbonyl (C=O) groups is 2. The number of rotatable bonds is 11. The number of nitrogens with one attached hydrogen (secondary N) is 1. The van der Waals surface area contributed by atoms with Crippen molar-refractivity contribution in [3.63, 3.8) is 0 Å². The number of fused-ring (bicyclic) bond motifs is 3. The number of thioether (sulfide) groups is 1. The molecule has 1 amide bonds. The minimum Gasteiger partial charge on any atom is -0.480 e. The zero-order chi connectivity index (χ0) is 21.3. The van der Waals surface area contributed by atoms with Gasteiger partial charge in [0.15, 0.2) is 0 Å². The van der Waals surface area contributed by atoms with E-state index in [0.717, 1.165) is 40.8 Å². The monoisotopic (exact) mass is 427 g/mol. The Morgan fingerprint density at radius 1 is 1.03 bits per heavy atom. The molecule has 0 aromatic heterocycles. The molecule has 160 valence electrons. The molecule has 2 aromatic rings. The lowest BCUT2D eigenvalue weighted by atomic mass is 9.98. The summed E-state index contributed by atoms with van der Waals surface area (Å²) in [5.41, 5.74) is 4.57. The van der Waals surface area contributed by atoms with E-state index in [1.165, 1.54) is 12.8 Å². The Balaban J connectivity index is 1.53. The van der Waals surface area contributed by atoms with Gasteiger partial charge in [0.25, 0.3) is 0 Å². The number of aliphatic carboxylic acids is 1. The summed E-state index contributed by atoms with van der Waals surface area (Å²) < 4.78 is 5.46. The summed E-state index contributed by atoms with van der Waals surface area (Å²) in [6.45, 7) is 2.34. The largest absolute Gasteiger partial charge is 0.480 e. The second kappa shape index (κ2) is 11.1. The second-order valence-electron chi connectivity index (χ2n) is 7.50. The first-order valence-corrected chi connectivity index (χ1v) is 11.7. The number of alkyl carbamates (subject to hydrolysis) is 1. The van der Waals surface area contributed by atoms with Gasteiger partial charge in [-0.1, -0.05) is 74.7 Å². The normalized spacial score (nSPS) is 13.4. The highest BCUT2D eigenvalue weighted by Gasteiger charge is 2.29. The molecule has 1 unspecified atom stereocenters. The van der Waals surface area contributed by atoms with E-state index in [1.807, 2.05) is 24.3 Å². The topological polar surface area (TPSA) is 75.6 Å². The van der Waals surface area contributed by atoms with Gasteiger partial charge in [0.05, 0.1) is 0 Å². The maximum absolute atomic E-state index is 12.3. The Kier molecular flexibility index (Phi) is 8.20. The molecule has 1 aliphatic carbocycles. The van der Waals surface area contributed by atoms with Gasteiger partial charge in [-0.2, -0.15) is 11.8 Å². The third kappa shape index (κ3) is 5.57.